The van der Waals surface area contributed by atoms with Crippen LogP contribution in [0.15, 0.2) is 65.2 Å². The molecule has 0 spiro atoms. The largest absolute Gasteiger partial charge is 0.452 e. The van der Waals surface area contributed by atoms with Crippen molar-refractivity contribution in [1.82, 2.24) is 15.0 Å². The zero-order valence-corrected chi connectivity index (χ0v) is 19.1. The summed E-state index contributed by atoms with van der Waals surface area (Å²) in [6, 6.07) is 16.8. The van der Waals surface area contributed by atoms with Crippen LogP contribution in [-0.4, -0.2) is 39.6 Å². The normalized spacial score (nSPS) is 11.1. The molecule has 0 aliphatic heterocycles. The lowest BCUT2D eigenvalue weighted by Gasteiger charge is -2.26. The monoisotopic (exact) mass is 461 g/mol. The average molecular weight is 461 g/mol. The minimum absolute atomic E-state index is 0.0792. The predicted molar refractivity (Wildman–Crippen MR) is 124 cm³/mol. The number of hydrogen-bond donors (Lipinski definition) is 0. The number of pyridine rings is 1. The van der Waals surface area contributed by atoms with Gasteiger partial charge in [-0.05, 0) is 56.7 Å². The van der Waals surface area contributed by atoms with Gasteiger partial charge in [-0.3, -0.25) is 4.79 Å². The number of carbonyl (C=O) groups is 2. The van der Waals surface area contributed by atoms with Gasteiger partial charge in [-0.25, -0.2) is 14.2 Å². The third-order valence-corrected chi connectivity index (χ3v) is 5.44. The molecule has 0 N–H and O–H groups in total. The number of ether oxygens (including phenoxy) is 1. The van der Waals surface area contributed by atoms with E-state index >= 15 is 0 Å². The van der Waals surface area contributed by atoms with Gasteiger partial charge in [0.05, 0.1) is 22.3 Å². The SMILES string of the molecule is Cc1noc2nc(-c3ccc(F)cc3)cc(C(=O)OCC(=O)N(Cc3ccccc3)C(C)C)c12. The maximum absolute atomic E-state index is 13.3. The van der Waals surface area contributed by atoms with Crippen molar-refractivity contribution in [3.8, 4) is 11.3 Å². The number of benzene rings is 2. The highest BCUT2D eigenvalue weighted by atomic mass is 19.1. The smallest absolute Gasteiger partial charge is 0.339 e. The van der Waals surface area contributed by atoms with E-state index in [9.17, 15) is 14.0 Å². The maximum atomic E-state index is 13.3. The van der Waals surface area contributed by atoms with Gasteiger partial charge in [-0.1, -0.05) is 35.5 Å². The quantitative estimate of drug-likeness (QED) is 0.363. The summed E-state index contributed by atoms with van der Waals surface area (Å²) in [7, 11) is 0. The van der Waals surface area contributed by atoms with E-state index in [1.165, 1.54) is 18.2 Å². The molecule has 7 nitrogen and oxygen atoms in total. The molecule has 0 fully saturated rings. The van der Waals surface area contributed by atoms with Crippen molar-refractivity contribution in [3.05, 3.63) is 83.3 Å². The fourth-order valence-corrected chi connectivity index (χ4v) is 3.65. The second-order valence-electron chi connectivity index (χ2n) is 8.19. The molecule has 0 aliphatic carbocycles. The molecule has 0 saturated heterocycles. The number of aryl methyl sites for hydroxylation is 1. The summed E-state index contributed by atoms with van der Waals surface area (Å²) in [5.41, 5.74) is 2.78. The number of nitrogens with zero attached hydrogens (tertiary/aromatic N) is 3. The van der Waals surface area contributed by atoms with Crippen LogP contribution in [0.3, 0.4) is 0 Å². The van der Waals surface area contributed by atoms with Crippen LogP contribution in [-0.2, 0) is 16.1 Å². The van der Waals surface area contributed by atoms with Gasteiger partial charge < -0.3 is 14.2 Å². The van der Waals surface area contributed by atoms with Crippen molar-refractivity contribution < 1.29 is 23.2 Å². The summed E-state index contributed by atoms with van der Waals surface area (Å²) in [6.45, 7) is 5.50. The summed E-state index contributed by atoms with van der Waals surface area (Å²) in [4.78, 5) is 32.0. The number of carbonyl (C=O) groups excluding carboxylic acids is 2. The second kappa shape index (κ2) is 9.82. The highest BCUT2D eigenvalue weighted by molar-refractivity contribution is 6.04. The van der Waals surface area contributed by atoms with Crippen molar-refractivity contribution in [2.45, 2.75) is 33.4 Å². The first-order valence-corrected chi connectivity index (χ1v) is 10.9. The summed E-state index contributed by atoms with van der Waals surface area (Å²) < 4.78 is 24.0. The molecule has 4 aromatic rings. The van der Waals surface area contributed by atoms with E-state index in [0.717, 1.165) is 5.56 Å². The van der Waals surface area contributed by atoms with E-state index in [4.69, 9.17) is 9.26 Å². The summed E-state index contributed by atoms with van der Waals surface area (Å²) >= 11 is 0. The van der Waals surface area contributed by atoms with Gasteiger partial charge in [-0.15, -0.1) is 0 Å². The molecule has 2 heterocycles. The Morgan fingerprint density at radius 1 is 1.09 bits per heavy atom. The zero-order chi connectivity index (χ0) is 24.2. The van der Waals surface area contributed by atoms with Gasteiger partial charge in [-0.2, -0.15) is 0 Å². The fraction of sp³-hybridized carbons (Fsp3) is 0.231. The Kier molecular flexibility index (Phi) is 6.67. The van der Waals surface area contributed by atoms with E-state index in [2.05, 4.69) is 10.1 Å². The number of aromatic nitrogens is 2. The summed E-state index contributed by atoms with van der Waals surface area (Å²) in [5.74, 6) is -1.39. The highest BCUT2D eigenvalue weighted by Crippen LogP contribution is 2.27. The van der Waals surface area contributed by atoms with Crippen LogP contribution in [0.25, 0.3) is 22.4 Å². The first kappa shape index (κ1) is 23.1. The molecule has 0 bridgehead atoms. The average Bonchev–Trinajstić information content (AvgIpc) is 3.21. The van der Waals surface area contributed by atoms with Crippen molar-refractivity contribution in [3.63, 3.8) is 0 Å². The van der Waals surface area contributed by atoms with E-state index in [0.29, 0.717) is 28.9 Å². The van der Waals surface area contributed by atoms with Gasteiger partial charge in [0.15, 0.2) is 6.61 Å². The van der Waals surface area contributed by atoms with E-state index in [1.807, 2.05) is 44.2 Å². The van der Waals surface area contributed by atoms with Crippen LogP contribution >= 0.6 is 0 Å². The van der Waals surface area contributed by atoms with E-state index < -0.39 is 12.6 Å². The van der Waals surface area contributed by atoms with Crippen molar-refractivity contribution in [1.29, 1.82) is 0 Å². The molecule has 0 aliphatic rings. The molecule has 0 saturated carbocycles. The number of rotatable bonds is 7. The molecule has 2 aromatic carbocycles. The molecule has 174 valence electrons. The van der Waals surface area contributed by atoms with Crippen molar-refractivity contribution in [2.75, 3.05) is 6.61 Å². The highest BCUT2D eigenvalue weighted by Gasteiger charge is 2.23. The first-order chi connectivity index (χ1) is 16.3. The van der Waals surface area contributed by atoms with Gasteiger partial charge in [0.1, 0.15) is 5.82 Å². The molecular weight excluding hydrogens is 437 g/mol. The molecule has 1 amide bonds. The maximum Gasteiger partial charge on any atom is 0.339 e. The Hall–Kier alpha value is -4.07. The van der Waals surface area contributed by atoms with E-state index in [-0.39, 0.29) is 29.0 Å². The van der Waals surface area contributed by atoms with Crippen molar-refractivity contribution >= 4 is 23.0 Å². The summed E-state index contributed by atoms with van der Waals surface area (Å²) in [6.07, 6.45) is 0. The number of hydrogen-bond acceptors (Lipinski definition) is 6. The number of fused-ring (bicyclic) bond motifs is 1. The Labute approximate surface area is 196 Å². The Morgan fingerprint density at radius 2 is 1.79 bits per heavy atom. The lowest BCUT2D eigenvalue weighted by atomic mass is 10.1. The van der Waals surface area contributed by atoms with Gasteiger partial charge in [0, 0.05) is 18.2 Å². The van der Waals surface area contributed by atoms with Crippen LogP contribution in [0.1, 0.15) is 35.5 Å². The molecular formula is C26H24FN3O4. The second-order valence-corrected chi connectivity index (χ2v) is 8.19. The van der Waals surface area contributed by atoms with Gasteiger partial charge >= 0.3 is 5.97 Å². The molecule has 34 heavy (non-hydrogen) atoms. The standard InChI is InChI=1S/C26H24FN3O4/c1-16(2)30(14-18-7-5-4-6-8-18)23(31)15-33-26(32)21-13-22(19-9-11-20(27)12-10-19)28-25-24(21)17(3)29-34-25/h4-13,16H,14-15H2,1-3H3. The minimum Gasteiger partial charge on any atom is -0.452 e. The zero-order valence-electron chi connectivity index (χ0n) is 19.1. The van der Waals surface area contributed by atoms with Gasteiger partial charge in [0.2, 0.25) is 0 Å². The summed E-state index contributed by atoms with van der Waals surface area (Å²) in [5, 5.41) is 4.31. The Morgan fingerprint density at radius 3 is 2.47 bits per heavy atom. The molecule has 0 radical (unpaired) electrons. The number of amides is 1. The topological polar surface area (TPSA) is 85.5 Å². The molecule has 2 aromatic heterocycles. The molecule has 8 heteroatoms. The number of halogens is 1. The van der Waals surface area contributed by atoms with Crippen LogP contribution in [0.5, 0.6) is 0 Å². The molecule has 0 atom stereocenters. The Balaban J connectivity index is 1.56. The third-order valence-electron chi connectivity index (χ3n) is 5.44. The van der Waals surface area contributed by atoms with Crippen LogP contribution in [0, 0.1) is 12.7 Å². The molecule has 4 rings (SSSR count). The van der Waals surface area contributed by atoms with Crippen molar-refractivity contribution in [2.24, 2.45) is 0 Å². The van der Waals surface area contributed by atoms with Crippen LogP contribution < -0.4 is 0 Å². The number of esters is 1. The fourth-order valence-electron chi connectivity index (χ4n) is 3.65. The third kappa shape index (κ3) is 4.96. The predicted octanol–water partition coefficient (Wildman–Crippen LogP) is 4.93. The van der Waals surface area contributed by atoms with Crippen LogP contribution in [0.2, 0.25) is 0 Å². The Bertz CT molecular complexity index is 1320. The van der Waals surface area contributed by atoms with Crippen LogP contribution in [0.4, 0.5) is 4.39 Å². The van der Waals surface area contributed by atoms with Gasteiger partial charge in [0.25, 0.3) is 11.6 Å². The minimum atomic E-state index is -0.696. The van der Waals surface area contributed by atoms with E-state index in [1.54, 1.807) is 24.0 Å². The lowest BCUT2D eigenvalue weighted by Crippen LogP contribution is -2.39. The molecule has 0 unspecified atom stereocenters. The first-order valence-electron chi connectivity index (χ1n) is 10.9. The lowest BCUT2D eigenvalue weighted by molar-refractivity contribution is -0.136.